The summed E-state index contributed by atoms with van der Waals surface area (Å²) in [4.78, 5) is 23.9. The number of hydrogen-bond donors (Lipinski definition) is 3. The Morgan fingerprint density at radius 2 is 1.84 bits per heavy atom. The van der Waals surface area contributed by atoms with E-state index in [9.17, 15) is 22.0 Å². The lowest BCUT2D eigenvalue weighted by atomic mass is 10.2. The summed E-state index contributed by atoms with van der Waals surface area (Å²) >= 11 is -2.71. The smallest absolute Gasteiger partial charge is 0.329 e. The van der Waals surface area contributed by atoms with Crippen LogP contribution in [0.1, 0.15) is 11.3 Å². The second-order valence-corrected chi connectivity index (χ2v) is 10.4. The van der Waals surface area contributed by atoms with Crippen LogP contribution in [0.3, 0.4) is 0 Å². The molecule has 4 aromatic rings. The van der Waals surface area contributed by atoms with Crippen LogP contribution in [0.4, 0.5) is 27.9 Å². The van der Waals surface area contributed by atoms with Crippen LogP contribution in [-0.4, -0.2) is 50.0 Å². The number of amides is 2. The molecule has 0 aliphatic heterocycles. The molecule has 2 heterocycles. The number of aromatic nitrogens is 4. The van der Waals surface area contributed by atoms with Crippen LogP contribution in [0.25, 0.3) is 10.9 Å². The molecule has 194 valence electrons. The van der Waals surface area contributed by atoms with E-state index in [4.69, 9.17) is 5.14 Å². The first-order valence-electron chi connectivity index (χ1n) is 10.7. The zero-order valence-electron chi connectivity index (χ0n) is 20.3. The van der Waals surface area contributed by atoms with Crippen molar-refractivity contribution in [2.75, 3.05) is 16.8 Å². The largest absolute Gasteiger partial charge is 0.342 e. The van der Waals surface area contributed by atoms with Crippen molar-refractivity contribution in [1.82, 2.24) is 24.5 Å². The molecular formula is C22H24N8O5S2. The fourth-order valence-electron chi connectivity index (χ4n) is 3.77. The summed E-state index contributed by atoms with van der Waals surface area (Å²) in [5.74, 6) is 0.213. The Morgan fingerprint density at radius 3 is 2.51 bits per heavy atom. The number of primary sulfonamides is 1. The molecule has 0 radical (unpaired) electrons. The number of rotatable bonds is 6. The highest BCUT2D eigenvalue weighted by molar-refractivity contribution is 7.89. The maximum atomic E-state index is 12.9. The summed E-state index contributed by atoms with van der Waals surface area (Å²) in [7, 11) is -0.495. The first-order chi connectivity index (χ1) is 17.4. The van der Waals surface area contributed by atoms with Gasteiger partial charge in [-0.15, -0.1) is 0 Å². The number of sulfonamides is 1. The van der Waals surface area contributed by atoms with E-state index in [1.54, 1.807) is 29.6 Å². The van der Waals surface area contributed by atoms with E-state index >= 15 is 0 Å². The molecule has 15 heteroatoms. The minimum Gasteiger partial charge on any atom is -0.329 e. The van der Waals surface area contributed by atoms with E-state index in [-0.39, 0.29) is 16.5 Å². The Kier molecular flexibility index (Phi) is 6.96. The summed E-state index contributed by atoms with van der Waals surface area (Å²) in [5.41, 5.74) is 2.94. The number of nitrogens with one attached hydrogen (secondary N) is 1. The molecule has 2 amide bonds. The molecule has 1 unspecified atom stereocenters. The molecule has 0 aliphatic rings. The summed E-state index contributed by atoms with van der Waals surface area (Å²) in [6.07, 6.45) is 1.41. The lowest BCUT2D eigenvalue weighted by Gasteiger charge is -2.23. The van der Waals surface area contributed by atoms with Gasteiger partial charge in [0.2, 0.25) is 16.0 Å². The third-order valence-corrected chi connectivity index (χ3v) is 7.19. The lowest BCUT2D eigenvalue weighted by molar-refractivity contribution is 0.252. The van der Waals surface area contributed by atoms with Gasteiger partial charge in [-0.3, -0.25) is 9.23 Å². The molecule has 13 nitrogen and oxygen atoms in total. The number of hydrogen-bond acceptors (Lipinski definition) is 8. The average Bonchev–Trinajstić information content (AvgIpc) is 3.11. The van der Waals surface area contributed by atoms with Crippen LogP contribution in [0, 0.1) is 13.8 Å². The van der Waals surface area contributed by atoms with Crippen molar-refractivity contribution in [1.29, 1.82) is 0 Å². The monoisotopic (exact) mass is 544 g/mol. The summed E-state index contributed by atoms with van der Waals surface area (Å²) in [5, 5.41) is 10.8. The van der Waals surface area contributed by atoms with Gasteiger partial charge in [0.15, 0.2) is 0 Å². The highest BCUT2D eigenvalue weighted by Crippen LogP contribution is 2.30. The van der Waals surface area contributed by atoms with Crippen molar-refractivity contribution in [2.45, 2.75) is 18.7 Å². The van der Waals surface area contributed by atoms with E-state index in [1.165, 1.54) is 24.4 Å². The quantitative estimate of drug-likeness (QED) is 0.308. The second kappa shape index (κ2) is 9.85. The van der Waals surface area contributed by atoms with Crippen LogP contribution >= 0.6 is 0 Å². The molecule has 0 bridgehead atoms. The Hall–Kier alpha value is -3.92. The van der Waals surface area contributed by atoms with Gasteiger partial charge in [-0.25, -0.2) is 37.2 Å². The highest BCUT2D eigenvalue weighted by Gasteiger charge is 2.25. The molecule has 0 spiro atoms. The first-order valence-corrected chi connectivity index (χ1v) is 13.4. The zero-order valence-corrected chi connectivity index (χ0v) is 21.9. The van der Waals surface area contributed by atoms with Crippen molar-refractivity contribution in [3.8, 4) is 0 Å². The minimum absolute atomic E-state index is 0.0164. The van der Waals surface area contributed by atoms with Crippen molar-refractivity contribution in [3.05, 3.63) is 59.9 Å². The zero-order chi connectivity index (χ0) is 27.1. The van der Waals surface area contributed by atoms with Gasteiger partial charge < -0.3 is 4.90 Å². The molecule has 0 aliphatic carbocycles. The number of benzene rings is 2. The van der Waals surface area contributed by atoms with Crippen molar-refractivity contribution >= 4 is 61.4 Å². The molecule has 0 saturated heterocycles. The fourth-order valence-corrected chi connectivity index (χ4v) is 4.82. The number of anilines is 4. The van der Waals surface area contributed by atoms with E-state index < -0.39 is 27.3 Å². The van der Waals surface area contributed by atoms with Gasteiger partial charge >= 0.3 is 6.03 Å². The molecule has 4 N–H and O–H groups in total. The maximum Gasteiger partial charge on any atom is 0.342 e. The topological polar surface area (TPSA) is 177 Å². The second-order valence-electron chi connectivity index (χ2n) is 8.17. The molecule has 1 atom stereocenters. The third kappa shape index (κ3) is 5.29. The minimum atomic E-state index is -4.12. The van der Waals surface area contributed by atoms with Crippen LogP contribution < -0.4 is 19.7 Å². The van der Waals surface area contributed by atoms with Gasteiger partial charge in [0.1, 0.15) is 5.82 Å². The summed E-state index contributed by atoms with van der Waals surface area (Å²) in [6.45, 7) is 3.52. The Morgan fingerprint density at radius 1 is 1.14 bits per heavy atom. The summed E-state index contributed by atoms with van der Waals surface area (Å²) in [6, 6.07) is 10.4. The van der Waals surface area contributed by atoms with Gasteiger partial charge in [-0.1, -0.05) is 6.07 Å². The van der Waals surface area contributed by atoms with Crippen LogP contribution in [0.15, 0.2) is 53.6 Å². The van der Waals surface area contributed by atoms with E-state index in [0.29, 0.717) is 11.4 Å². The molecular weight excluding hydrogens is 520 g/mol. The molecule has 2 aromatic heterocycles. The molecule has 4 rings (SSSR count). The molecule has 0 saturated carbocycles. The maximum absolute atomic E-state index is 12.9. The van der Waals surface area contributed by atoms with Gasteiger partial charge in [0, 0.05) is 37.1 Å². The summed E-state index contributed by atoms with van der Waals surface area (Å²) < 4.78 is 48.3. The van der Waals surface area contributed by atoms with Crippen molar-refractivity contribution in [3.63, 3.8) is 0 Å². The molecule has 37 heavy (non-hydrogen) atoms. The lowest BCUT2D eigenvalue weighted by Crippen LogP contribution is -2.38. The predicted octanol–water partition coefficient (Wildman–Crippen LogP) is 2.38. The fraction of sp³-hybridized carbons (Fsp3) is 0.182. The van der Waals surface area contributed by atoms with Crippen LogP contribution in [-0.2, 0) is 28.3 Å². The number of nitrogens with zero attached hydrogens (tertiary/aromatic N) is 6. The SMILES string of the molecule is Cc1ccc(N(C(=O)NS(=O)O)c2nccc(N(C)c3ccc4c(C)n(C)nc4c3)n2)cc1S(N)(=O)=O. The number of nitrogens with two attached hydrogens (primary N) is 1. The van der Waals surface area contributed by atoms with E-state index in [2.05, 4.69) is 15.1 Å². The number of carbonyl (C=O) groups excluding carboxylic acids is 1. The molecule has 2 aromatic carbocycles. The Labute approximate surface area is 215 Å². The standard InChI is InChI=1S/C22H24N8O5S2/c1-13-5-6-16(12-19(13)37(23,34)35)30(22(31)27-36(32)33)21-24-10-9-20(25-21)28(3)15-7-8-17-14(2)29(4)26-18(17)11-15/h5-12H,1-4H3,(H,27,31)(H,32,33)(H2,23,34,35). The predicted molar refractivity (Wildman–Crippen MR) is 140 cm³/mol. The van der Waals surface area contributed by atoms with Crippen LogP contribution in [0.2, 0.25) is 0 Å². The normalized spacial score (nSPS) is 12.4. The van der Waals surface area contributed by atoms with E-state index in [0.717, 1.165) is 27.2 Å². The third-order valence-electron chi connectivity index (χ3n) is 5.79. The highest BCUT2D eigenvalue weighted by atomic mass is 32.2. The van der Waals surface area contributed by atoms with Gasteiger partial charge in [0.05, 0.1) is 16.1 Å². The average molecular weight is 545 g/mol. The van der Waals surface area contributed by atoms with Gasteiger partial charge in [-0.05, 0) is 55.8 Å². The number of fused-ring (bicyclic) bond motifs is 1. The van der Waals surface area contributed by atoms with Gasteiger partial charge in [0.25, 0.3) is 11.3 Å². The Balaban J connectivity index is 1.79. The first kappa shape index (κ1) is 26.2. The number of aryl methyl sites for hydroxylation is 3. The van der Waals surface area contributed by atoms with Crippen LogP contribution in [0.5, 0.6) is 0 Å². The Bertz CT molecular complexity index is 1650. The number of urea groups is 1. The van der Waals surface area contributed by atoms with Gasteiger partial charge in [-0.2, -0.15) is 10.1 Å². The molecule has 0 fully saturated rings. The van der Waals surface area contributed by atoms with E-state index in [1.807, 2.05) is 36.9 Å². The number of carbonyl (C=O) groups is 1. The van der Waals surface area contributed by atoms with Crippen molar-refractivity contribution in [2.24, 2.45) is 12.2 Å². The van der Waals surface area contributed by atoms with Crippen molar-refractivity contribution < 1.29 is 22.0 Å².